The molecule has 1 aliphatic heterocycles. The molecule has 0 amide bonds. The van der Waals surface area contributed by atoms with Gasteiger partial charge in [-0.3, -0.25) is 4.79 Å². The molecule has 0 saturated carbocycles. The molecule has 0 unspecified atom stereocenters. The zero-order valence-corrected chi connectivity index (χ0v) is 9.17. The zero-order chi connectivity index (χ0) is 10.4. The number of hydrogen-bond donors (Lipinski definition) is 0. The minimum atomic E-state index is -0.498. The van der Waals surface area contributed by atoms with Gasteiger partial charge in [0.2, 0.25) is 0 Å². The molecule has 0 bridgehead atoms. The van der Waals surface area contributed by atoms with E-state index in [1.165, 1.54) is 0 Å². The highest BCUT2D eigenvalue weighted by Gasteiger charge is 2.30. The van der Waals surface area contributed by atoms with Gasteiger partial charge in [0.1, 0.15) is 5.78 Å². The Morgan fingerprint density at radius 1 is 1.29 bits per heavy atom. The fourth-order valence-electron chi connectivity index (χ4n) is 1.57. The van der Waals surface area contributed by atoms with Crippen molar-refractivity contribution in [2.24, 2.45) is 0 Å². The molecule has 0 radical (unpaired) electrons. The maximum absolute atomic E-state index is 11.4. The van der Waals surface area contributed by atoms with Crippen molar-refractivity contribution in [3.8, 4) is 0 Å². The molecule has 14 heavy (non-hydrogen) atoms. The Balaban J connectivity index is 2.15. The van der Waals surface area contributed by atoms with Gasteiger partial charge < -0.3 is 9.47 Å². The van der Waals surface area contributed by atoms with Crippen molar-refractivity contribution >= 4 is 5.78 Å². The summed E-state index contributed by atoms with van der Waals surface area (Å²) in [4.78, 5) is 11.4. The average Bonchev–Trinajstić information content (AvgIpc) is 2.60. The first-order valence-corrected chi connectivity index (χ1v) is 5.46. The van der Waals surface area contributed by atoms with Crippen LogP contribution in [0.1, 0.15) is 46.0 Å². The molecule has 1 aliphatic rings. The predicted octanol–water partition coefficient (Wildman–Crippen LogP) is 2.29. The number of ether oxygens (including phenoxy) is 2. The number of hydrogen-bond acceptors (Lipinski definition) is 3. The molecule has 0 aromatic heterocycles. The molecule has 0 aliphatic carbocycles. The molecular weight excluding hydrogens is 180 g/mol. The van der Waals surface area contributed by atoms with Gasteiger partial charge in [0.15, 0.2) is 5.79 Å². The van der Waals surface area contributed by atoms with E-state index in [-0.39, 0.29) is 0 Å². The van der Waals surface area contributed by atoms with Crippen LogP contribution >= 0.6 is 0 Å². The van der Waals surface area contributed by atoms with Crippen molar-refractivity contribution < 1.29 is 14.3 Å². The molecule has 1 saturated heterocycles. The molecule has 0 N–H and O–H groups in total. The van der Waals surface area contributed by atoms with Gasteiger partial charge in [0.25, 0.3) is 0 Å². The van der Waals surface area contributed by atoms with Gasteiger partial charge in [-0.15, -0.1) is 0 Å². The summed E-state index contributed by atoms with van der Waals surface area (Å²) in [5, 5.41) is 0. The summed E-state index contributed by atoms with van der Waals surface area (Å²) in [5.41, 5.74) is 0. The number of carbonyl (C=O) groups is 1. The van der Waals surface area contributed by atoms with Gasteiger partial charge in [0, 0.05) is 19.3 Å². The van der Waals surface area contributed by atoms with Crippen LogP contribution in [-0.4, -0.2) is 24.8 Å². The zero-order valence-electron chi connectivity index (χ0n) is 9.17. The molecule has 1 rings (SSSR count). The molecule has 0 aromatic rings. The third kappa shape index (κ3) is 3.76. The smallest absolute Gasteiger partial charge is 0.166 e. The summed E-state index contributed by atoms with van der Waals surface area (Å²) < 4.78 is 10.8. The average molecular weight is 200 g/mol. The van der Waals surface area contributed by atoms with Crippen molar-refractivity contribution in [2.75, 3.05) is 13.2 Å². The van der Waals surface area contributed by atoms with Crippen LogP contribution in [0.2, 0.25) is 0 Å². The summed E-state index contributed by atoms with van der Waals surface area (Å²) in [5.74, 6) is -0.172. The number of carbonyl (C=O) groups excluding carboxylic acids is 1. The lowest BCUT2D eigenvalue weighted by molar-refractivity contribution is -0.151. The van der Waals surface area contributed by atoms with Gasteiger partial charge in [-0.25, -0.2) is 0 Å². The highest BCUT2D eigenvalue weighted by atomic mass is 16.7. The Labute approximate surface area is 85.8 Å². The second kappa shape index (κ2) is 5.47. The Kier molecular flexibility index (Phi) is 4.55. The van der Waals surface area contributed by atoms with E-state index in [2.05, 4.69) is 6.92 Å². The molecule has 0 aromatic carbocycles. The minimum absolute atomic E-state index is 0.326. The fourth-order valence-corrected chi connectivity index (χ4v) is 1.57. The predicted molar refractivity (Wildman–Crippen MR) is 54.1 cm³/mol. The van der Waals surface area contributed by atoms with Crippen LogP contribution in [0, 0.1) is 0 Å². The molecule has 0 atom stereocenters. The molecule has 3 nitrogen and oxygen atoms in total. The van der Waals surface area contributed by atoms with Gasteiger partial charge >= 0.3 is 0 Å². The Morgan fingerprint density at radius 2 is 1.93 bits per heavy atom. The van der Waals surface area contributed by atoms with E-state index in [0.29, 0.717) is 38.3 Å². The standard InChI is InChI=1S/C11H20O3/c1-3-4-5-10(12)6-7-11(2)13-8-9-14-11/h3-9H2,1-2H3. The first kappa shape index (κ1) is 11.7. The van der Waals surface area contributed by atoms with E-state index >= 15 is 0 Å². The van der Waals surface area contributed by atoms with E-state index in [1.807, 2.05) is 6.92 Å². The molecule has 0 spiro atoms. The van der Waals surface area contributed by atoms with Crippen LogP contribution in [0.15, 0.2) is 0 Å². The quantitative estimate of drug-likeness (QED) is 0.660. The maximum Gasteiger partial charge on any atom is 0.166 e. The fraction of sp³-hybridized carbons (Fsp3) is 0.909. The largest absolute Gasteiger partial charge is 0.348 e. The monoisotopic (exact) mass is 200 g/mol. The molecule has 3 heteroatoms. The van der Waals surface area contributed by atoms with E-state index in [4.69, 9.17) is 9.47 Å². The van der Waals surface area contributed by atoms with E-state index in [9.17, 15) is 4.79 Å². The van der Waals surface area contributed by atoms with Gasteiger partial charge in [-0.2, -0.15) is 0 Å². The second-order valence-electron chi connectivity index (χ2n) is 3.97. The van der Waals surface area contributed by atoms with Crippen molar-refractivity contribution in [3.05, 3.63) is 0 Å². The maximum atomic E-state index is 11.4. The Hall–Kier alpha value is -0.410. The van der Waals surface area contributed by atoms with E-state index in [0.717, 1.165) is 12.8 Å². The molecule has 1 heterocycles. The van der Waals surface area contributed by atoms with Crippen LogP contribution < -0.4 is 0 Å². The van der Waals surface area contributed by atoms with Gasteiger partial charge in [0.05, 0.1) is 13.2 Å². The summed E-state index contributed by atoms with van der Waals surface area (Å²) in [6, 6.07) is 0. The highest BCUT2D eigenvalue weighted by molar-refractivity contribution is 5.78. The first-order valence-electron chi connectivity index (χ1n) is 5.46. The third-order valence-corrected chi connectivity index (χ3v) is 2.57. The van der Waals surface area contributed by atoms with Crippen LogP contribution in [0.4, 0.5) is 0 Å². The van der Waals surface area contributed by atoms with Crippen molar-refractivity contribution in [1.82, 2.24) is 0 Å². The Bertz CT molecular complexity index is 183. The van der Waals surface area contributed by atoms with Gasteiger partial charge in [-0.1, -0.05) is 13.3 Å². The second-order valence-corrected chi connectivity index (χ2v) is 3.97. The van der Waals surface area contributed by atoms with Crippen molar-refractivity contribution in [1.29, 1.82) is 0 Å². The normalized spacial score (nSPS) is 19.9. The van der Waals surface area contributed by atoms with Crippen molar-refractivity contribution in [2.45, 2.75) is 51.7 Å². The van der Waals surface area contributed by atoms with Crippen LogP contribution in [0.25, 0.3) is 0 Å². The summed E-state index contributed by atoms with van der Waals surface area (Å²) in [6.45, 7) is 5.31. The summed E-state index contributed by atoms with van der Waals surface area (Å²) >= 11 is 0. The highest BCUT2D eigenvalue weighted by Crippen LogP contribution is 2.24. The molecule has 1 fully saturated rings. The lowest BCUT2D eigenvalue weighted by Gasteiger charge is -2.21. The minimum Gasteiger partial charge on any atom is -0.348 e. The van der Waals surface area contributed by atoms with E-state index < -0.39 is 5.79 Å². The third-order valence-electron chi connectivity index (χ3n) is 2.57. The number of rotatable bonds is 6. The Morgan fingerprint density at radius 3 is 2.50 bits per heavy atom. The lowest BCUT2D eigenvalue weighted by atomic mass is 10.1. The van der Waals surface area contributed by atoms with Gasteiger partial charge in [-0.05, 0) is 13.3 Å². The molecular formula is C11H20O3. The SMILES string of the molecule is CCCCC(=O)CCC1(C)OCCO1. The first-order chi connectivity index (χ1) is 6.66. The van der Waals surface area contributed by atoms with Crippen LogP contribution in [0.3, 0.4) is 0 Å². The van der Waals surface area contributed by atoms with Crippen LogP contribution in [0.5, 0.6) is 0 Å². The summed E-state index contributed by atoms with van der Waals surface area (Å²) in [7, 11) is 0. The topological polar surface area (TPSA) is 35.5 Å². The van der Waals surface area contributed by atoms with E-state index in [1.54, 1.807) is 0 Å². The van der Waals surface area contributed by atoms with Crippen LogP contribution in [-0.2, 0) is 14.3 Å². The number of unbranched alkanes of at least 4 members (excludes halogenated alkanes) is 1. The summed E-state index contributed by atoms with van der Waals surface area (Å²) in [6.07, 6.45) is 4.05. The van der Waals surface area contributed by atoms with Crippen molar-refractivity contribution in [3.63, 3.8) is 0 Å². The number of Topliss-reactive ketones (excluding diaryl/α,β-unsaturated/α-hetero) is 1. The number of ketones is 1. The molecule has 82 valence electrons. The lowest BCUT2D eigenvalue weighted by Crippen LogP contribution is -2.26.